The number of carbonyl (C=O) groups excluding carboxylic acids is 1. The van der Waals surface area contributed by atoms with E-state index < -0.39 is 0 Å². The average Bonchev–Trinajstić information content (AvgIpc) is 2.86. The highest BCUT2D eigenvalue weighted by Gasteiger charge is 2.35. The molecule has 1 fully saturated rings. The van der Waals surface area contributed by atoms with Crippen LogP contribution in [0.4, 0.5) is 4.79 Å². The van der Waals surface area contributed by atoms with Crippen molar-refractivity contribution in [3.05, 3.63) is 0 Å². The summed E-state index contributed by atoms with van der Waals surface area (Å²) >= 11 is 0. The van der Waals surface area contributed by atoms with Gasteiger partial charge in [0, 0.05) is 12.6 Å². The Morgan fingerprint density at radius 2 is 2.27 bits per heavy atom. The third-order valence-corrected chi connectivity index (χ3v) is 2.93. The van der Waals surface area contributed by atoms with E-state index in [1.807, 2.05) is 18.7 Å². The van der Waals surface area contributed by atoms with Crippen LogP contribution < -0.4 is 5.32 Å². The maximum atomic E-state index is 11.7. The van der Waals surface area contributed by atoms with Crippen molar-refractivity contribution in [3.8, 4) is 12.3 Å². The van der Waals surface area contributed by atoms with E-state index in [4.69, 9.17) is 6.42 Å². The molecule has 0 aromatic rings. The van der Waals surface area contributed by atoms with Crippen LogP contribution in [0.15, 0.2) is 0 Å². The zero-order valence-corrected chi connectivity index (χ0v) is 9.79. The third kappa shape index (κ3) is 3.47. The SMILES string of the molecule is C#CCNC(=O)N(C[C@H]1C[C@@H]1C)C(C)C. The number of carbonyl (C=O) groups is 1. The van der Waals surface area contributed by atoms with E-state index in [0.29, 0.717) is 12.5 Å². The van der Waals surface area contributed by atoms with E-state index in [2.05, 4.69) is 18.2 Å². The first kappa shape index (κ1) is 11.9. The summed E-state index contributed by atoms with van der Waals surface area (Å²) in [6.07, 6.45) is 6.35. The molecule has 2 atom stereocenters. The predicted octanol–water partition coefficient (Wildman–Crippen LogP) is 1.70. The molecule has 15 heavy (non-hydrogen) atoms. The van der Waals surface area contributed by atoms with Gasteiger partial charge in [0.25, 0.3) is 0 Å². The Labute approximate surface area is 92.2 Å². The summed E-state index contributed by atoms with van der Waals surface area (Å²) < 4.78 is 0. The van der Waals surface area contributed by atoms with E-state index in [1.54, 1.807) is 0 Å². The first-order valence-corrected chi connectivity index (χ1v) is 5.54. The van der Waals surface area contributed by atoms with Crippen LogP contribution in [0.3, 0.4) is 0 Å². The Morgan fingerprint density at radius 1 is 1.67 bits per heavy atom. The number of amides is 2. The van der Waals surface area contributed by atoms with Crippen molar-refractivity contribution in [2.24, 2.45) is 11.8 Å². The normalized spacial score (nSPS) is 23.4. The van der Waals surface area contributed by atoms with Crippen molar-refractivity contribution >= 4 is 6.03 Å². The minimum atomic E-state index is -0.0398. The summed E-state index contributed by atoms with van der Waals surface area (Å²) in [5.74, 6) is 3.87. The average molecular weight is 208 g/mol. The molecule has 1 saturated carbocycles. The molecule has 0 unspecified atom stereocenters. The second kappa shape index (κ2) is 5.06. The van der Waals surface area contributed by atoms with Gasteiger partial charge in [-0.3, -0.25) is 0 Å². The Bertz CT molecular complexity index is 267. The molecule has 84 valence electrons. The molecule has 0 radical (unpaired) electrons. The molecule has 0 spiro atoms. The maximum Gasteiger partial charge on any atom is 0.318 e. The van der Waals surface area contributed by atoms with E-state index in [-0.39, 0.29) is 12.1 Å². The molecule has 1 rings (SSSR count). The predicted molar refractivity (Wildman–Crippen MR) is 61.3 cm³/mol. The monoisotopic (exact) mass is 208 g/mol. The minimum Gasteiger partial charge on any atom is -0.327 e. The van der Waals surface area contributed by atoms with Gasteiger partial charge in [0.1, 0.15) is 0 Å². The van der Waals surface area contributed by atoms with Crippen molar-refractivity contribution in [2.75, 3.05) is 13.1 Å². The highest BCUT2D eigenvalue weighted by Crippen LogP contribution is 2.38. The number of nitrogens with zero attached hydrogens (tertiary/aromatic N) is 1. The van der Waals surface area contributed by atoms with Crippen molar-refractivity contribution in [1.82, 2.24) is 10.2 Å². The molecular formula is C12H20N2O. The molecule has 1 N–H and O–H groups in total. The molecule has 3 heteroatoms. The summed E-state index contributed by atoms with van der Waals surface area (Å²) in [5, 5.41) is 2.71. The second-order valence-corrected chi connectivity index (χ2v) is 4.58. The van der Waals surface area contributed by atoms with Crippen LogP contribution in [0.25, 0.3) is 0 Å². The van der Waals surface area contributed by atoms with Gasteiger partial charge >= 0.3 is 6.03 Å². The summed E-state index contributed by atoms with van der Waals surface area (Å²) in [6.45, 7) is 7.45. The summed E-state index contributed by atoms with van der Waals surface area (Å²) in [5.41, 5.74) is 0. The van der Waals surface area contributed by atoms with Gasteiger partial charge in [-0.15, -0.1) is 6.42 Å². The lowest BCUT2D eigenvalue weighted by Gasteiger charge is -2.26. The van der Waals surface area contributed by atoms with Gasteiger partial charge in [-0.1, -0.05) is 12.8 Å². The van der Waals surface area contributed by atoms with Gasteiger partial charge in [0.2, 0.25) is 0 Å². The van der Waals surface area contributed by atoms with Crippen LogP contribution in [-0.4, -0.2) is 30.1 Å². The molecule has 0 heterocycles. The van der Waals surface area contributed by atoms with Crippen molar-refractivity contribution in [3.63, 3.8) is 0 Å². The topological polar surface area (TPSA) is 32.3 Å². The van der Waals surface area contributed by atoms with Gasteiger partial charge in [0.15, 0.2) is 0 Å². The number of terminal acetylenes is 1. The minimum absolute atomic E-state index is 0.0398. The quantitative estimate of drug-likeness (QED) is 0.701. The lowest BCUT2D eigenvalue weighted by molar-refractivity contribution is 0.180. The van der Waals surface area contributed by atoms with E-state index in [0.717, 1.165) is 12.5 Å². The first-order valence-electron chi connectivity index (χ1n) is 5.54. The number of rotatable bonds is 4. The van der Waals surface area contributed by atoms with Crippen molar-refractivity contribution < 1.29 is 4.79 Å². The van der Waals surface area contributed by atoms with Crippen LogP contribution in [0.1, 0.15) is 27.2 Å². The highest BCUT2D eigenvalue weighted by atomic mass is 16.2. The molecule has 0 aromatic heterocycles. The molecule has 0 saturated heterocycles. The molecule has 0 aliphatic heterocycles. The molecule has 1 aliphatic rings. The van der Waals surface area contributed by atoms with Gasteiger partial charge < -0.3 is 10.2 Å². The fourth-order valence-corrected chi connectivity index (χ4v) is 1.66. The molecule has 1 aliphatic carbocycles. The van der Waals surface area contributed by atoms with Crippen LogP contribution >= 0.6 is 0 Å². The fourth-order valence-electron chi connectivity index (χ4n) is 1.66. The molecular weight excluding hydrogens is 188 g/mol. The third-order valence-electron chi connectivity index (χ3n) is 2.93. The van der Waals surface area contributed by atoms with Gasteiger partial charge in [-0.05, 0) is 32.1 Å². The maximum absolute atomic E-state index is 11.7. The summed E-state index contributed by atoms with van der Waals surface area (Å²) in [6, 6.07) is 0.192. The van der Waals surface area contributed by atoms with Crippen LogP contribution in [0, 0.1) is 24.2 Å². The van der Waals surface area contributed by atoms with Crippen LogP contribution in [-0.2, 0) is 0 Å². The molecule has 2 amide bonds. The van der Waals surface area contributed by atoms with Crippen molar-refractivity contribution in [2.45, 2.75) is 33.2 Å². The lowest BCUT2D eigenvalue weighted by atomic mass is 10.2. The number of nitrogens with one attached hydrogen (secondary N) is 1. The largest absolute Gasteiger partial charge is 0.327 e. The zero-order valence-electron chi connectivity index (χ0n) is 9.79. The summed E-state index contributed by atoms with van der Waals surface area (Å²) in [7, 11) is 0. The number of urea groups is 1. The number of hydrogen-bond acceptors (Lipinski definition) is 1. The van der Waals surface area contributed by atoms with Crippen molar-refractivity contribution in [1.29, 1.82) is 0 Å². The highest BCUT2D eigenvalue weighted by molar-refractivity contribution is 5.74. The lowest BCUT2D eigenvalue weighted by Crippen LogP contribution is -2.45. The standard InChI is InChI=1S/C12H20N2O/c1-5-6-13-12(15)14(9(2)3)8-11-7-10(11)4/h1,9-11H,6-8H2,2-4H3,(H,13,15)/t10-,11+/m0/s1. The Balaban J connectivity index is 2.42. The Kier molecular flexibility index (Phi) is 4.02. The summed E-state index contributed by atoms with van der Waals surface area (Å²) in [4.78, 5) is 13.6. The Hall–Kier alpha value is -1.17. The Morgan fingerprint density at radius 3 is 2.67 bits per heavy atom. The number of hydrogen-bond donors (Lipinski definition) is 1. The van der Waals surface area contributed by atoms with E-state index in [1.165, 1.54) is 6.42 Å². The van der Waals surface area contributed by atoms with Crippen LogP contribution in [0.5, 0.6) is 0 Å². The smallest absolute Gasteiger partial charge is 0.318 e. The van der Waals surface area contributed by atoms with E-state index in [9.17, 15) is 4.79 Å². The van der Waals surface area contributed by atoms with Gasteiger partial charge in [-0.25, -0.2) is 4.79 Å². The molecule has 0 bridgehead atoms. The van der Waals surface area contributed by atoms with Gasteiger partial charge in [-0.2, -0.15) is 0 Å². The fraction of sp³-hybridized carbons (Fsp3) is 0.750. The van der Waals surface area contributed by atoms with Gasteiger partial charge in [0.05, 0.1) is 6.54 Å². The second-order valence-electron chi connectivity index (χ2n) is 4.58. The van der Waals surface area contributed by atoms with Crippen LogP contribution in [0.2, 0.25) is 0 Å². The molecule has 3 nitrogen and oxygen atoms in total. The first-order chi connectivity index (χ1) is 7.06. The van der Waals surface area contributed by atoms with E-state index >= 15 is 0 Å². The zero-order chi connectivity index (χ0) is 11.4. The molecule has 0 aromatic carbocycles.